The Labute approximate surface area is 184 Å². The van der Waals surface area contributed by atoms with Gasteiger partial charge in [0.05, 0.1) is 12.7 Å². The van der Waals surface area contributed by atoms with E-state index in [0.717, 1.165) is 0 Å². The molecule has 5 unspecified atom stereocenters. The van der Waals surface area contributed by atoms with E-state index in [1.165, 1.54) is 6.92 Å². The maximum Gasteiger partial charge on any atom is 0.328 e. The van der Waals surface area contributed by atoms with Crippen LogP contribution in [0.5, 0.6) is 0 Å². The van der Waals surface area contributed by atoms with Gasteiger partial charge in [-0.25, -0.2) is 4.79 Å². The van der Waals surface area contributed by atoms with E-state index < -0.39 is 73.0 Å². The Hall–Kier alpha value is -2.81. The normalized spacial score (nSPS) is 15.5. The summed E-state index contributed by atoms with van der Waals surface area (Å²) >= 11 is 0. The van der Waals surface area contributed by atoms with Crippen LogP contribution < -0.4 is 27.4 Å². The van der Waals surface area contributed by atoms with E-state index >= 15 is 0 Å². The maximum atomic E-state index is 12.8. The summed E-state index contributed by atoms with van der Waals surface area (Å²) in [5, 5.41) is 43.1. The summed E-state index contributed by atoms with van der Waals surface area (Å²) in [6.45, 7) is 0.701. The third kappa shape index (κ3) is 11.0. The van der Waals surface area contributed by atoms with Crippen LogP contribution in [0.1, 0.15) is 39.0 Å². The van der Waals surface area contributed by atoms with Crippen LogP contribution in [0.4, 0.5) is 0 Å². The van der Waals surface area contributed by atoms with Gasteiger partial charge >= 0.3 is 11.9 Å². The van der Waals surface area contributed by atoms with E-state index in [1.807, 2.05) is 5.32 Å². The van der Waals surface area contributed by atoms with Crippen molar-refractivity contribution in [2.75, 3.05) is 13.2 Å². The number of carbonyl (C=O) groups excluding carboxylic acids is 3. The van der Waals surface area contributed by atoms with Gasteiger partial charge < -0.3 is 47.8 Å². The molecule has 5 atom stereocenters. The molecule has 0 saturated heterocycles. The molecule has 14 nitrogen and oxygen atoms in total. The van der Waals surface area contributed by atoms with Crippen LogP contribution in [0.2, 0.25) is 0 Å². The molecule has 184 valence electrons. The second-order valence-electron chi connectivity index (χ2n) is 7.19. The molecule has 32 heavy (non-hydrogen) atoms. The number of carbonyl (C=O) groups is 5. The van der Waals surface area contributed by atoms with Crippen molar-refractivity contribution >= 4 is 29.7 Å². The largest absolute Gasteiger partial charge is 0.481 e. The number of nitrogens with one attached hydrogen (secondary N) is 3. The zero-order valence-corrected chi connectivity index (χ0v) is 17.8. The topological polar surface area (TPSA) is 254 Å². The Morgan fingerprint density at radius 2 is 1.34 bits per heavy atom. The van der Waals surface area contributed by atoms with Crippen molar-refractivity contribution in [2.24, 2.45) is 11.5 Å². The van der Waals surface area contributed by atoms with Gasteiger partial charge in [-0.1, -0.05) is 0 Å². The summed E-state index contributed by atoms with van der Waals surface area (Å²) in [4.78, 5) is 59.3. The summed E-state index contributed by atoms with van der Waals surface area (Å²) in [5.74, 6) is -5.46. The number of carboxylic acid groups (broad SMARTS) is 2. The molecule has 0 aliphatic heterocycles. The summed E-state index contributed by atoms with van der Waals surface area (Å²) in [7, 11) is 0. The number of hydrogen-bond donors (Lipinski definition) is 9. The molecule has 0 bridgehead atoms. The minimum Gasteiger partial charge on any atom is -0.481 e. The number of unbranched alkanes of at least 4 members (excludes halogenated alkanes) is 1. The van der Waals surface area contributed by atoms with Crippen LogP contribution in [0.3, 0.4) is 0 Å². The van der Waals surface area contributed by atoms with Crippen molar-refractivity contribution in [3.63, 3.8) is 0 Å². The first-order valence-electron chi connectivity index (χ1n) is 10.0. The van der Waals surface area contributed by atoms with Crippen LogP contribution in [0.25, 0.3) is 0 Å². The van der Waals surface area contributed by atoms with Crippen LogP contribution in [-0.4, -0.2) is 93.5 Å². The lowest BCUT2D eigenvalue weighted by molar-refractivity contribution is -0.144. The van der Waals surface area contributed by atoms with Gasteiger partial charge in [0.15, 0.2) is 0 Å². The molecule has 0 rings (SSSR count). The molecule has 0 aromatic carbocycles. The molecular weight excluding hydrogens is 430 g/mol. The first-order chi connectivity index (χ1) is 14.9. The second kappa shape index (κ2) is 15.1. The number of carboxylic acids is 2. The second-order valence-corrected chi connectivity index (χ2v) is 7.19. The number of hydrogen-bond acceptors (Lipinski definition) is 9. The van der Waals surface area contributed by atoms with Gasteiger partial charge in [-0.2, -0.15) is 0 Å². The van der Waals surface area contributed by atoms with E-state index in [9.17, 15) is 29.1 Å². The maximum absolute atomic E-state index is 12.8. The highest BCUT2D eigenvalue weighted by atomic mass is 16.4. The summed E-state index contributed by atoms with van der Waals surface area (Å²) in [6, 6.07) is -5.60. The van der Waals surface area contributed by atoms with Gasteiger partial charge in [0, 0.05) is 6.42 Å². The molecule has 0 aromatic heterocycles. The van der Waals surface area contributed by atoms with E-state index in [4.69, 9.17) is 26.8 Å². The molecule has 0 aliphatic rings. The third-order valence-electron chi connectivity index (χ3n) is 4.48. The van der Waals surface area contributed by atoms with Crippen molar-refractivity contribution in [2.45, 2.75) is 69.3 Å². The minimum atomic E-state index is -1.66. The average Bonchev–Trinajstić information content (AvgIpc) is 2.72. The van der Waals surface area contributed by atoms with E-state index in [2.05, 4.69) is 10.6 Å². The first-order valence-corrected chi connectivity index (χ1v) is 10.0. The van der Waals surface area contributed by atoms with E-state index in [0.29, 0.717) is 19.4 Å². The van der Waals surface area contributed by atoms with Crippen molar-refractivity contribution in [3.8, 4) is 0 Å². The molecule has 0 fully saturated rings. The Balaban J connectivity index is 5.48. The summed E-state index contributed by atoms with van der Waals surface area (Å²) in [5.41, 5.74) is 11.0. The Bertz CT molecular complexity index is 659. The van der Waals surface area contributed by atoms with Crippen LogP contribution in [-0.2, 0) is 24.0 Å². The van der Waals surface area contributed by atoms with Crippen molar-refractivity contribution < 1.29 is 44.4 Å². The van der Waals surface area contributed by atoms with Crippen molar-refractivity contribution in [1.82, 2.24) is 16.0 Å². The number of aliphatic hydroxyl groups is 2. The number of rotatable bonds is 16. The number of aliphatic carboxylic acids is 2. The van der Waals surface area contributed by atoms with Gasteiger partial charge in [0.2, 0.25) is 17.7 Å². The molecule has 14 heteroatoms. The number of aliphatic hydroxyl groups excluding tert-OH is 2. The molecule has 0 saturated carbocycles. The van der Waals surface area contributed by atoms with Crippen LogP contribution in [0, 0.1) is 0 Å². The standard InChI is InChI=1S/C18H33N5O9/c1-9(25)14(20)17(30)22-10(4-2-3-7-19)15(28)21-11(5-6-13(26)27)16(29)23-12(8-24)18(31)32/h9-12,14,24-25H,2-8,19-20H2,1H3,(H,21,28)(H,22,30)(H,23,29)(H,26,27)(H,31,32). The quantitative estimate of drug-likeness (QED) is 0.100. The fourth-order valence-corrected chi connectivity index (χ4v) is 2.52. The first kappa shape index (κ1) is 29.2. The molecule has 3 amide bonds. The fourth-order valence-electron chi connectivity index (χ4n) is 2.52. The average molecular weight is 463 g/mol. The van der Waals surface area contributed by atoms with Gasteiger partial charge in [-0.05, 0) is 39.2 Å². The molecule has 0 aromatic rings. The number of nitrogens with two attached hydrogens (primary N) is 2. The zero-order valence-electron chi connectivity index (χ0n) is 17.8. The minimum absolute atomic E-state index is 0.114. The molecular formula is C18H33N5O9. The Kier molecular flexibility index (Phi) is 13.7. The van der Waals surface area contributed by atoms with Crippen molar-refractivity contribution in [1.29, 1.82) is 0 Å². The Morgan fingerprint density at radius 1 is 0.844 bits per heavy atom. The monoisotopic (exact) mass is 463 g/mol. The van der Waals surface area contributed by atoms with Gasteiger partial charge in [0.1, 0.15) is 24.2 Å². The van der Waals surface area contributed by atoms with Gasteiger partial charge in [-0.3, -0.25) is 19.2 Å². The predicted molar refractivity (Wildman–Crippen MR) is 110 cm³/mol. The summed E-state index contributed by atoms with van der Waals surface area (Å²) < 4.78 is 0. The predicted octanol–water partition coefficient (Wildman–Crippen LogP) is -3.78. The highest BCUT2D eigenvalue weighted by molar-refractivity contribution is 5.94. The molecule has 0 radical (unpaired) electrons. The van der Waals surface area contributed by atoms with Crippen molar-refractivity contribution in [3.05, 3.63) is 0 Å². The SMILES string of the molecule is CC(O)C(N)C(=O)NC(CCCCN)C(=O)NC(CCC(=O)O)C(=O)NC(CO)C(=O)O. The lowest BCUT2D eigenvalue weighted by Crippen LogP contribution is -2.58. The van der Waals surface area contributed by atoms with E-state index in [1.54, 1.807) is 0 Å². The molecule has 0 heterocycles. The Morgan fingerprint density at radius 3 is 1.78 bits per heavy atom. The lowest BCUT2D eigenvalue weighted by atomic mass is 10.0. The zero-order chi connectivity index (χ0) is 24.8. The summed E-state index contributed by atoms with van der Waals surface area (Å²) in [6.07, 6.45) is -1.02. The molecule has 0 spiro atoms. The number of amides is 3. The van der Waals surface area contributed by atoms with Crippen LogP contribution in [0.15, 0.2) is 0 Å². The molecule has 11 N–H and O–H groups in total. The lowest BCUT2D eigenvalue weighted by Gasteiger charge is -2.25. The van der Waals surface area contributed by atoms with Gasteiger partial charge in [0.25, 0.3) is 0 Å². The van der Waals surface area contributed by atoms with Gasteiger partial charge in [-0.15, -0.1) is 0 Å². The highest BCUT2D eigenvalue weighted by Crippen LogP contribution is 2.06. The highest BCUT2D eigenvalue weighted by Gasteiger charge is 2.30. The molecule has 0 aliphatic carbocycles. The van der Waals surface area contributed by atoms with E-state index in [-0.39, 0.29) is 12.8 Å². The fraction of sp³-hybridized carbons (Fsp3) is 0.722. The smallest absolute Gasteiger partial charge is 0.328 e. The van der Waals surface area contributed by atoms with Crippen LogP contribution >= 0.6 is 0 Å². The third-order valence-corrected chi connectivity index (χ3v) is 4.48.